The number of anilines is 3. The molecule has 12 heteroatoms. The van der Waals surface area contributed by atoms with Gasteiger partial charge in [-0.1, -0.05) is 6.07 Å². The first-order chi connectivity index (χ1) is 18.2. The van der Waals surface area contributed by atoms with E-state index in [2.05, 4.69) is 25.8 Å². The van der Waals surface area contributed by atoms with Gasteiger partial charge in [0, 0.05) is 31.1 Å². The Morgan fingerprint density at radius 1 is 1.08 bits per heavy atom. The summed E-state index contributed by atoms with van der Waals surface area (Å²) >= 11 is 0. The lowest BCUT2D eigenvalue weighted by Crippen LogP contribution is -2.23. The fourth-order valence-electron chi connectivity index (χ4n) is 5.21. The maximum absolute atomic E-state index is 13.0. The van der Waals surface area contributed by atoms with Crippen molar-refractivity contribution >= 4 is 44.2 Å². The minimum Gasteiger partial charge on any atom is -0.497 e. The lowest BCUT2D eigenvalue weighted by atomic mass is 9.91. The summed E-state index contributed by atoms with van der Waals surface area (Å²) in [5.41, 5.74) is 3.05. The van der Waals surface area contributed by atoms with Gasteiger partial charge >= 0.3 is 0 Å². The van der Waals surface area contributed by atoms with Crippen molar-refractivity contribution in [1.29, 1.82) is 0 Å². The highest BCUT2D eigenvalue weighted by Crippen LogP contribution is 2.65. The number of H-pyrrole nitrogens is 1. The summed E-state index contributed by atoms with van der Waals surface area (Å²) in [5, 5.41) is 14.4. The molecule has 1 amide bonds. The summed E-state index contributed by atoms with van der Waals surface area (Å²) in [6, 6.07) is 14.7. The van der Waals surface area contributed by atoms with Gasteiger partial charge in [-0.15, -0.1) is 0 Å². The highest BCUT2D eigenvalue weighted by atomic mass is 32.2. The number of sulfonamides is 1. The van der Waals surface area contributed by atoms with Crippen LogP contribution in [0.15, 0.2) is 53.4 Å². The number of amides is 1. The molecule has 38 heavy (non-hydrogen) atoms. The molecule has 3 heterocycles. The van der Waals surface area contributed by atoms with Crippen molar-refractivity contribution in [3.05, 3.63) is 59.7 Å². The SMILES string of the molecule is COc1ccc2c(c1)[C@]1(C[C@H]1c1ccc3c(Nc4ccc(S(=O)(=O)N(C)C)c(OC)n4)n[nH]c3c1)C(=O)N2. The van der Waals surface area contributed by atoms with Crippen LogP contribution in [-0.2, 0) is 20.2 Å². The Labute approximate surface area is 219 Å². The summed E-state index contributed by atoms with van der Waals surface area (Å²) in [6.45, 7) is 0. The van der Waals surface area contributed by atoms with Crippen molar-refractivity contribution in [2.24, 2.45) is 0 Å². The molecule has 1 aliphatic carbocycles. The normalized spacial score (nSPS) is 20.0. The number of methoxy groups -OCH3 is 2. The number of rotatable bonds is 7. The maximum atomic E-state index is 13.0. The molecule has 0 unspecified atom stereocenters. The summed E-state index contributed by atoms with van der Waals surface area (Å²) in [4.78, 5) is 17.3. The quantitative estimate of drug-likeness (QED) is 0.328. The van der Waals surface area contributed by atoms with Gasteiger partial charge < -0.3 is 20.1 Å². The van der Waals surface area contributed by atoms with Crippen molar-refractivity contribution in [2.75, 3.05) is 38.9 Å². The van der Waals surface area contributed by atoms with Crippen LogP contribution in [-0.4, -0.2) is 62.1 Å². The minimum absolute atomic E-state index is 0.0116. The number of carbonyl (C=O) groups is 1. The van der Waals surface area contributed by atoms with Crippen LogP contribution < -0.4 is 20.1 Å². The third-order valence-corrected chi connectivity index (χ3v) is 9.16. The second-order valence-electron chi connectivity index (χ2n) is 9.59. The van der Waals surface area contributed by atoms with Crippen LogP contribution in [0, 0.1) is 0 Å². The Hall–Kier alpha value is -4.16. The number of nitrogens with zero attached hydrogens (tertiary/aromatic N) is 3. The van der Waals surface area contributed by atoms with E-state index < -0.39 is 15.4 Å². The molecule has 1 saturated carbocycles. The van der Waals surface area contributed by atoms with Gasteiger partial charge in [-0.25, -0.2) is 12.7 Å². The predicted octanol–water partition coefficient (Wildman–Crippen LogP) is 3.35. The van der Waals surface area contributed by atoms with Crippen molar-refractivity contribution < 1.29 is 22.7 Å². The van der Waals surface area contributed by atoms with Crippen molar-refractivity contribution in [1.82, 2.24) is 19.5 Å². The molecule has 2 aromatic carbocycles. The van der Waals surface area contributed by atoms with E-state index in [-0.39, 0.29) is 22.6 Å². The molecule has 3 N–H and O–H groups in total. The second kappa shape index (κ2) is 8.43. The highest BCUT2D eigenvalue weighted by Gasteiger charge is 2.65. The van der Waals surface area contributed by atoms with Gasteiger partial charge in [-0.3, -0.25) is 9.89 Å². The van der Waals surface area contributed by atoms with Crippen LogP contribution in [0.4, 0.5) is 17.3 Å². The van der Waals surface area contributed by atoms with Crippen molar-refractivity contribution in [3.8, 4) is 11.6 Å². The Balaban J connectivity index is 1.28. The number of benzene rings is 2. The summed E-state index contributed by atoms with van der Waals surface area (Å²) in [7, 11) is 2.17. The molecule has 2 aliphatic rings. The lowest BCUT2D eigenvalue weighted by Gasteiger charge is -2.14. The molecule has 1 fully saturated rings. The number of aromatic nitrogens is 3. The van der Waals surface area contributed by atoms with Gasteiger partial charge in [0.15, 0.2) is 5.82 Å². The molecule has 0 bridgehead atoms. The van der Waals surface area contributed by atoms with E-state index in [1.165, 1.54) is 27.3 Å². The number of nitrogens with one attached hydrogen (secondary N) is 3. The molecule has 11 nitrogen and oxygen atoms in total. The molecule has 0 saturated heterocycles. The molecule has 1 aliphatic heterocycles. The lowest BCUT2D eigenvalue weighted by molar-refractivity contribution is -0.118. The van der Waals surface area contributed by atoms with Gasteiger partial charge in [-0.2, -0.15) is 10.1 Å². The summed E-state index contributed by atoms with van der Waals surface area (Å²) in [6.07, 6.45) is 0.718. The van der Waals surface area contributed by atoms with Crippen molar-refractivity contribution in [2.45, 2.75) is 22.6 Å². The number of fused-ring (bicyclic) bond motifs is 3. The van der Waals surface area contributed by atoms with E-state index in [1.54, 1.807) is 13.2 Å². The van der Waals surface area contributed by atoms with Crippen LogP contribution in [0.25, 0.3) is 10.9 Å². The average molecular weight is 535 g/mol. The number of hydrogen-bond donors (Lipinski definition) is 3. The molecule has 0 radical (unpaired) electrons. The molecule has 196 valence electrons. The molecule has 2 atom stereocenters. The van der Waals surface area contributed by atoms with E-state index in [9.17, 15) is 13.2 Å². The van der Waals surface area contributed by atoms with E-state index in [0.29, 0.717) is 11.6 Å². The van der Waals surface area contributed by atoms with Crippen LogP contribution >= 0.6 is 0 Å². The zero-order valence-electron chi connectivity index (χ0n) is 21.2. The van der Waals surface area contributed by atoms with Crippen LogP contribution in [0.3, 0.4) is 0 Å². The number of carbonyl (C=O) groups excluding carboxylic acids is 1. The van der Waals surface area contributed by atoms with Gasteiger partial charge in [0.2, 0.25) is 21.8 Å². The molecule has 6 rings (SSSR count). The van der Waals surface area contributed by atoms with Crippen molar-refractivity contribution in [3.63, 3.8) is 0 Å². The highest BCUT2D eigenvalue weighted by molar-refractivity contribution is 7.89. The van der Waals surface area contributed by atoms with Gasteiger partial charge in [0.1, 0.15) is 16.5 Å². The molecular weight excluding hydrogens is 508 g/mol. The number of aromatic amines is 1. The summed E-state index contributed by atoms with van der Waals surface area (Å²) in [5.74, 6) is 1.67. The van der Waals surface area contributed by atoms with E-state index in [0.717, 1.165) is 44.2 Å². The Kier molecular flexibility index (Phi) is 5.37. The fraction of sp³-hybridized carbons (Fsp3) is 0.269. The molecule has 4 aromatic rings. The van der Waals surface area contributed by atoms with Gasteiger partial charge in [-0.05, 0) is 60.0 Å². The topological polar surface area (TPSA) is 139 Å². The number of hydrogen-bond acceptors (Lipinski definition) is 8. The van der Waals surface area contributed by atoms with Crippen LogP contribution in [0.5, 0.6) is 11.6 Å². The minimum atomic E-state index is -3.72. The maximum Gasteiger partial charge on any atom is 0.247 e. The summed E-state index contributed by atoms with van der Waals surface area (Å²) < 4.78 is 36.9. The monoisotopic (exact) mass is 534 g/mol. The molecular formula is C26H26N6O5S. The Morgan fingerprint density at radius 2 is 1.89 bits per heavy atom. The standard InChI is InChI=1S/C26H26N6O5S/c1-32(2)38(34,35)21-9-10-22(29-24(21)37-4)28-23-16-7-5-14(11-20(16)30-31-23)18-13-26(18)17-12-15(36-3)6-8-19(17)27-25(26)33/h5-12,18H,13H2,1-4H3,(H,27,33)(H2,28,29,30,31)/t18-,26-/m0/s1. The zero-order chi connectivity index (χ0) is 26.8. The molecule has 1 spiro atoms. The Bertz CT molecular complexity index is 1720. The van der Waals surface area contributed by atoms with Gasteiger partial charge in [0.25, 0.3) is 0 Å². The first kappa shape index (κ1) is 24.2. The smallest absolute Gasteiger partial charge is 0.247 e. The largest absolute Gasteiger partial charge is 0.497 e. The molecule has 2 aromatic heterocycles. The predicted molar refractivity (Wildman–Crippen MR) is 142 cm³/mol. The first-order valence-electron chi connectivity index (χ1n) is 11.9. The average Bonchev–Trinajstić information content (AvgIpc) is 3.46. The fourth-order valence-corrected chi connectivity index (χ4v) is 6.19. The first-order valence-corrected chi connectivity index (χ1v) is 13.4. The number of pyridine rings is 1. The second-order valence-corrected chi connectivity index (χ2v) is 11.7. The number of ether oxygens (including phenoxy) is 2. The third kappa shape index (κ3) is 3.51. The van der Waals surface area contributed by atoms with E-state index in [1.807, 2.05) is 36.4 Å². The van der Waals surface area contributed by atoms with E-state index in [4.69, 9.17) is 9.47 Å². The zero-order valence-corrected chi connectivity index (χ0v) is 22.0. The van der Waals surface area contributed by atoms with Gasteiger partial charge in [0.05, 0.1) is 25.2 Å². The van der Waals surface area contributed by atoms with Crippen LogP contribution in [0.1, 0.15) is 23.5 Å². The third-order valence-electron chi connectivity index (χ3n) is 7.33. The Morgan fingerprint density at radius 3 is 2.63 bits per heavy atom. The van der Waals surface area contributed by atoms with E-state index >= 15 is 0 Å². The van der Waals surface area contributed by atoms with Crippen LogP contribution in [0.2, 0.25) is 0 Å².